The first-order chi connectivity index (χ1) is 14.0. The minimum absolute atomic E-state index is 0.0626. The third kappa shape index (κ3) is 4.71. The predicted molar refractivity (Wildman–Crippen MR) is 93.5 cm³/mol. The fourth-order valence-electron chi connectivity index (χ4n) is 3.00. The molecule has 1 aromatic heterocycles. The molecule has 0 aliphatic carbocycles. The molecular formula is C14H22N3O12P. The van der Waals surface area contributed by atoms with Gasteiger partial charge in [-0.3, -0.25) is 13.6 Å². The number of nitrogens with two attached hydrogens (primary N) is 1. The Balaban J connectivity index is 1.61. The first-order valence-electron chi connectivity index (χ1n) is 8.68. The lowest BCUT2D eigenvalue weighted by molar-refractivity contribution is -0.131. The minimum Gasteiger partial charge on any atom is -0.394 e. The fraction of sp³-hybridized carbons (Fsp3) is 0.714. The Bertz CT molecular complexity index is 854. The molecule has 16 heteroatoms. The molecule has 0 bridgehead atoms. The summed E-state index contributed by atoms with van der Waals surface area (Å²) in [6, 6.07) is 1.27. The Labute approximate surface area is 168 Å². The maximum Gasteiger partial charge on any atom is 0.474 e. The molecule has 0 saturated carbocycles. The molecule has 0 aromatic carbocycles. The van der Waals surface area contributed by atoms with Gasteiger partial charge in [0.15, 0.2) is 12.5 Å². The van der Waals surface area contributed by atoms with Crippen molar-refractivity contribution in [3.8, 4) is 0 Å². The molecule has 170 valence electrons. The lowest BCUT2D eigenvalue weighted by Gasteiger charge is -2.21. The van der Waals surface area contributed by atoms with Crippen LogP contribution >= 0.6 is 7.82 Å². The molecule has 2 fully saturated rings. The Kier molecular flexibility index (Phi) is 6.91. The third-order valence-corrected chi connectivity index (χ3v) is 5.55. The van der Waals surface area contributed by atoms with E-state index in [9.17, 15) is 34.7 Å². The van der Waals surface area contributed by atoms with E-state index in [1.807, 2.05) is 0 Å². The Morgan fingerprint density at radius 2 is 1.80 bits per heavy atom. The largest absolute Gasteiger partial charge is 0.474 e. The SMILES string of the molecule is Nc1ccn(C2OC(COP(=O)(O)OC3O[C@H](CO)[C@@H](O)[C@@H]3O)C(O)C2O)c(=O)n1. The Morgan fingerprint density at radius 3 is 2.40 bits per heavy atom. The molecular weight excluding hydrogens is 433 g/mol. The van der Waals surface area contributed by atoms with E-state index in [-0.39, 0.29) is 5.82 Å². The number of phosphoric ester groups is 1. The predicted octanol–water partition coefficient (Wildman–Crippen LogP) is -3.98. The highest BCUT2D eigenvalue weighted by atomic mass is 31.2. The number of anilines is 1. The van der Waals surface area contributed by atoms with Crippen LogP contribution in [0.15, 0.2) is 17.1 Å². The van der Waals surface area contributed by atoms with Gasteiger partial charge >= 0.3 is 13.5 Å². The monoisotopic (exact) mass is 455 g/mol. The summed E-state index contributed by atoms with van der Waals surface area (Å²) < 4.78 is 32.6. The standard InChI is InChI=1S/C14H22N3O12P/c15-7-1-2-17(14(23)16-7)12-10(21)9(20)6(27-12)4-26-30(24,25)29-13-11(22)8(19)5(3-18)28-13/h1-2,5-6,8-13,18-22H,3-4H2,(H,24,25)(H2,15,16,23)/t5-,6?,8-,9?,10?,11+,12?,13?/m1/s1. The van der Waals surface area contributed by atoms with Crippen LogP contribution in [0.25, 0.3) is 0 Å². The molecule has 0 spiro atoms. The van der Waals surface area contributed by atoms with E-state index in [0.717, 1.165) is 4.57 Å². The van der Waals surface area contributed by atoms with Gasteiger partial charge in [-0.15, -0.1) is 0 Å². The van der Waals surface area contributed by atoms with Gasteiger partial charge < -0.3 is 45.6 Å². The molecule has 2 aliphatic rings. The van der Waals surface area contributed by atoms with Crippen LogP contribution in [0.4, 0.5) is 5.82 Å². The highest BCUT2D eigenvalue weighted by molar-refractivity contribution is 7.47. The second-order valence-corrected chi connectivity index (χ2v) is 8.07. The smallest absolute Gasteiger partial charge is 0.394 e. The van der Waals surface area contributed by atoms with Crippen LogP contribution in [0.1, 0.15) is 6.23 Å². The van der Waals surface area contributed by atoms with Gasteiger partial charge in [-0.1, -0.05) is 0 Å². The van der Waals surface area contributed by atoms with E-state index in [1.165, 1.54) is 12.3 Å². The van der Waals surface area contributed by atoms with Crippen LogP contribution in [0.3, 0.4) is 0 Å². The molecule has 8 N–H and O–H groups in total. The molecule has 30 heavy (non-hydrogen) atoms. The topological polar surface area (TPSA) is 236 Å². The molecule has 3 rings (SSSR count). The van der Waals surface area contributed by atoms with Crippen molar-refractivity contribution in [2.45, 2.75) is 49.1 Å². The first-order valence-corrected chi connectivity index (χ1v) is 10.2. The van der Waals surface area contributed by atoms with Gasteiger partial charge in [0, 0.05) is 6.20 Å². The number of hydrogen-bond donors (Lipinski definition) is 7. The molecule has 15 nitrogen and oxygen atoms in total. The van der Waals surface area contributed by atoms with Crippen molar-refractivity contribution in [1.29, 1.82) is 0 Å². The van der Waals surface area contributed by atoms with Crippen molar-refractivity contribution in [1.82, 2.24) is 9.55 Å². The van der Waals surface area contributed by atoms with Gasteiger partial charge in [-0.2, -0.15) is 4.98 Å². The highest BCUT2D eigenvalue weighted by Gasteiger charge is 2.48. The Hall–Kier alpha value is -1.49. The van der Waals surface area contributed by atoms with Crippen LogP contribution in [0.5, 0.6) is 0 Å². The van der Waals surface area contributed by atoms with E-state index in [2.05, 4.69) is 9.51 Å². The number of aliphatic hydroxyl groups is 5. The molecule has 3 heterocycles. The van der Waals surface area contributed by atoms with E-state index < -0.39 is 75.9 Å². The summed E-state index contributed by atoms with van der Waals surface area (Å²) in [7, 11) is -4.90. The summed E-state index contributed by atoms with van der Waals surface area (Å²) in [6.45, 7) is -1.43. The van der Waals surface area contributed by atoms with E-state index in [1.54, 1.807) is 0 Å². The summed E-state index contributed by atoms with van der Waals surface area (Å²) in [5, 5.41) is 48.6. The molecule has 0 amide bonds. The number of phosphoric acid groups is 1. The second kappa shape index (κ2) is 8.94. The van der Waals surface area contributed by atoms with E-state index in [0.29, 0.717) is 0 Å². The molecule has 6 unspecified atom stereocenters. The first kappa shape index (κ1) is 23.2. The summed E-state index contributed by atoms with van der Waals surface area (Å²) in [4.78, 5) is 25.2. The van der Waals surface area contributed by atoms with Crippen molar-refractivity contribution >= 4 is 13.6 Å². The summed E-state index contributed by atoms with van der Waals surface area (Å²) in [6.07, 6.45) is -11.0. The summed E-state index contributed by atoms with van der Waals surface area (Å²) in [5.41, 5.74) is 4.53. The van der Waals surface area contributed by atoms with E-state index >= 15 is 0 Å². The van der Waals surface area contributed by atoms with Crippen molar-refractivity contribution in [3.05, 3.63) is 22.7 Å². The third-order valence-electron chi connectivity index (χ3n) is 4.60. The number of aromatic nitrogens is 2. The molecule has 2 aliphatic heterocycles. The zero-order valence-electron chi connectivity index (χ0n) is 15.2. The maximum absolute atomic E-state index is 12.1. The van der Waals surface area contributed by atoms with Crippen LogP contribution in [0, 0.1) is 0 Å². The number of rotatable bonds is 7. The van der Waals surface area contributed by atoms with Gasteiger partial charge in [0.1, 0.15) is 42.4 Å². The zero-order valence-corrected chi connectivity index (χ0v) is 16.1. The number of nitrogens with zero attached hydrogens (tertiary/aromatic N) is 2. The van der Waals surface area contributed by atoms with Crippen molar-refractivity contribution in [3.63, 3.8) is 0 Å². The van der Waals surface area contributed by atoms with Crippen molar-refractivity contribution in [2.24, 2.45) is 0 Å². The molecule has 0 radical (unpaired) electrons. The average Bonchev–Trinajstić information content (AvgIpc) is 3.11. The number of nitrogen functional groups attached to an aromatic ring is 1. The molecule has 2 saturated heterocycles. The van der Waals surface area contributed by atoms with Gasteiger partial charge in [0.2, 0.25) is 0 Å². The zero-order chi connectivity index (χ0) is 22.2. The van der Waals surface area contributed by atoms with Crippen molar-refractivity contribution < 1.29 is 53.5 Å². The lowest BCUT2D eigenvalue weighted by atomic mass is 10.1. The van der Waals surface area contributed by atoms with Crippen LogP contribution in [0.2, 0.25) is 0 Å². The number of aliphatic hydroxyl groups excluding tert-OH is 5. The van der Waals surface area contributed by atoms with Gasteiger partial charge in [-0.25, -0.2) is 9.36 Å². The fourth-order valence-corrected chi connectivity index (χ4v) is 3.83. The average molecular weight is 455 g/mol. The van der Waals surface area contributed by atoms with Crippen molar-refractivity contribution in [2.75, 3.05) is 18.9 Å². The van der Waals surface area contributed by atoms with Crippen LogP contribution in [-0.2, 0) is 23.1 Å². The van der Waals surface area contributed by atoms with E-state index in [4.69, 9.17) is 24.8 Å². The number of ether oxygens (including phenoxy) is 2. The number of hydrogen-bond acceptors (Lipinski definition) is 13. The Morgan fingerprint density at radius 1 is 1.13 bits per heavy atom. The minimum atomic E-state index is -4.90. The molecule has 1 aromatic rings. The van der Waals surface area contributed by atoms with Gasteiger partial charge in [-0.05, 0) is 6.07 Å². The normalized spacial score (nSPS) is 38.6. The summed E-state index contributed by atoms with van der Waals surface area (Å²) >= 11 is 0. The molecule has 9 atom stereocenters. The summed E-state index contributed by atoms with van der Waals surface area (Å²) in [5.74, 6) is -0.0626. The highest BCUT2D eigenvalue weighted by Crippen LogP contribution is 2.47. The maximum atomic E-state index is 12.1. The van der Waals surface area contributed by atoms with Gasteiger partial charge in [0.25, 0.3) is 0 Å². The van der Waals surface area contributed by atoms with Crippen LogP contribution < -0.4 is 11.4 Å². The second-order valence-electron chi connectivity index (χ2n) is 6.66. The quantitative estimate of drug-likeness (QED) is 0.194. The van der Waals surface area contributed by atoms with Gasteiger partial charge in [0.05, 0.1) is 13.2 Å². The lowest BCUT2D eigenvalue weighted by Crippen LogP contribution is -2.36. The van der Waals surface area contributed by atoms with Crippen LogP contribution in [-0.4, -0.2) is 96.1 Å².